The van der Waals surface area contributed by atoms with Crippen LogP contribution in [0.3, 0.4) is 0 Å². The third kappa shape index (κ3) is 5.55. The maximum absolute atomic E-state index is 12.7. The number of hydrogen-bond acceptors (Lipinski definition) is 4. The van der Waals surface area contributed by atoms with E-state index in [1.54, 1.807) is 36.1 Å². The van der Waals surface area contributed by atoms with E-state index >= 15 is 0 Å². The van der Waals surface area contributed by atoms with Crippen molar-refractivity contribution in [2.45, 2.75) is 81.9 Å². The Bertz CT molecular complexity index is 749. The number of hydrogen-bond donors (Lipinski definition) is 1. The summed E-state index contributed by atoms with van der Waals surface area (Å²) in [5.41, 5.74) is 0.987. The Morgan fingerprint density at radius 3 is 2.21 bits per heavy atom. The predicted octanol–water partition coefficient (Wildman–Crippen LogP) is 3.00. The van der Waals surface area contributed by atoms with Crippen molar-refractivity contribution in [1.29, 1.82) is 0 Å². The number of carbonyl (C=O) groups is 1. The van der Waals surface area contributed by atoms with Gasteiger partial charge in [0.15, 0.2) is 0 Å². The second-order valence-corrected chi connectivity index (χ2v) is 9.79. The minimum Gasteiger partial charge on any atom is -0.375 e. The highest BCUT2D eigenvalue weighted by atomic mass is 32.2. The molecule has 2 aliphatic rings. The summed E-state index contributed by atoms with van der Waals surface area (Å²) in [4.78, 5) is 14.6. The molecule has 3 rings (SSSR count). The van der Waals surface area contributed by atoms with Gasteiger partial charge in [-0.3, -0.25) is 4.79 Å². The summed E-state index contributed by atoms with van der Waals surface area (Å²) in [6, 6.07) is 5.82. The van der Waals surface area contributed by atoms with Crippen molar-refractivity contribution in [2.75, 3.05) is 13.1 Å². The lowest BCUT2D eigenvalue weighted by Crippen LogP contribution is -2.50. The first-order chi connectivity index (χ1) is 13.3. The van der Waals surface area contributed by atoms with Crippen LogP contribution in [0.5, 0.6) is 0 Å². The quantitative estimate of drug-likeness (QED) is 0.785. The molecule has 0 unspecified atom stereocenters. The van der Waals surface area contributed by atoms with Crippen molar-refractivity contribution in [1.82, 2.24) is 9.62 Å². The standard InChI is InChI=1S/C21H32N2O4S/c1-16-8-10-20(11-9-16)28(25,26)22-17(2)21(24)23-14-12-19(13-15-23)27-18-6-4-3-5-7-18/h8-11,17-19,22H,3-7,12-15H2,1-2H3/t17-/m0/s1. The number of sulfonamides is 1. The molecule has 1 atom stereocenters. The summed E-state index contributed by atoms with van der Waals surface area (Å²) in [7, 11) is -3.71. The largest absolute Gasteiger partial charge is 0.375 e. The second kappa shape index (κ2) is 9.37. The number of rotatable bonds is 6. The van der Waals surface area contributed by atoms with Crippen molar-refractivity contribution in [2.24, 2.45) is 0 Å². The Morgan fingerprint density at radius 1 is 1.04 bits per heavy atom. The fraction of sp³-hybridized carbons (Fsp3) is 0.667. The number of benzene rings is 1. The monoisotopic (exact) mass is 408 g/mol. The van der Waals surface area contributed by atoms with E-state index in [9.17, 15) is 13.2 Å². The van der Waals surface area contributed by atoms with E-state index < -0.39 is 16.1 Å². The van der Waals surface area contributed by atoms with Crippen LogP contribution in [-0.2, 0) is 19.6 Å². The molecule has 1 N–H and O–H groups in total. The molecule has 7 heteroatoms. The van der Waals surface area contributed by atoms with Crippen molar-refractivity contribution < 1.29 is 17.9 Å². The van der Waals surface area contributed by atoms with Gasteiger partial charge in [-0.15, -0.1) is 0 Å². The Morgan fingerprint density at radius 2 is 1.61 bits per heavy atom. The minimum atomic E-state index is -3.71. The third-order valence-electron chi connectivity index (χ3n) is 5.72. The van der Waals surface area contributed by atoms with Gasteiger partial charge in [0.2, 0.25) is 15.9 Å². The lowest BCUT2D eigenvalue weighted by atomic mass is 9.97. The first kappa shape index (κ1) is 21.3. The Labute approximate surface area is 168 Å². The van der Waals surface area contributed by atoms with Crippen molar-refractivity contribution in [3.63, 3.8) is 0 Å². The zero-order valence-electron chi connectivity index (χ0n) is 16.9. The molecule has 2 fully saturated rings. The molecule has 0 bridgehead atoms. The fourth-order valence-electron chi connectivity index (χ4n) is 4.03. The molecule has 0 aromatic heterocycles. The smallest absolute Gasteiger partial charge is 0.241 e. The first-order valence-corrected chi connectivity index (χ1v) is 11.9. The average Bonchev–Trinajstić information content (AvgIpc) is 2.69. The fourth-order valence-corrected chi connectivity index (χ4v) is 5.22. The Balaban J connectivity index is 1.49. The maximum Gasteiger partial charge on any atom is 0.241 e. The molecular weight excluding hydrogens is 376 g/mol. The molecule has 28 heavy (non-hydrogen) atoms. The van der Waals surface area contributed by atoms with Crippen LogP contribution in [0.15, 0.2) is 29.2 Å². The number of likely N-dealkylation sites (tertiary alicyclic amines) is 1. The normalized spacial score (nSPS) is 20.9. The van der Waals surface area contributed by atoms with E-state index in [2.05, 4.69) is 4.72 Å². The van der Waals surface area contributed by atoms with Gasteiger partial charge in [0.1, 0.15) is 0 Å². The first-order valence-electron chi connectivity index (χ1n) is 10.4. The molecule has 1 amide bonds. The third-order valence-corrected chi connectivity index (χ3v) is 7.28. The van der Waals surface area contributed by atoms with Gasteiger partial charge in [0.05, 0.1) is 23.1 Å². The molecule has 1 saturated carbocycles. The molecule has 1 aliphatic heterocycles. The number of carbonyl (C=O) groups excluding carboxylic acids is 1. The summed E-state index contributed by atoms with van der Waals surface area (Å²) in [5.74, 6) is -0.174. The zero-order valence-corrected chi connectivity index (χ0v) is 17.7. The summed E-state index contributed by atoms with van der Waals surface area (Å²) in [6.07, 6.45) is 8.34. The molecule has 1 aromatic carbocycles. The van der Waals surface area contributed by atoms with Gasteiger partial charge in [0, 0.05) is 13.1 Å². The van der Waals surface area contributed by atoms with Crippen LogP contribution in [0.2, 0.25) is 0 Å². The summed E-state index contributed by atoms with van der Waals surface area (Å²) in [6.45, 7) is 4.75. The van der Waals surface area contributed by atoms with Crippen LogP contribution in [0.4, 0.5) is 0 Å². The molecule has 6 nitrogen and oxygen atoms in total. The Hall–Kier alpha value is -1.44. The van der Waals surface area contributed by atoms with E-state index in [0.29, 0.717) is 19.2 Å². The topological polar surface area (TPSA) is 75.7 Å². The number of nitrogens with zero attached hydrogens (tertiary/aromatic N) is 1. The highest BCUT2D eigenvalue weighted by molar-refractivity contribution is 7.89. The average molecular weight is 409 g/mol. The second-order valence-electron chi connectivity index (χ2n) is 8.08. The van der Waals surface area contributed by atoms with Gasteiger partial charge in [0.25, 0.3) is 0 Å². The maximum atomic E-state index is 12.7. The van der Waals surface area contributed by atoms with Crippen molar-refractivity contribution in [3.05, 3.63) is 29.8 Å². The van der Waals surface area contributed by atoms with Gasteiger partial charge in [-0.25, -0.2) is 8.42 Å². The van der Waals surface area contributed by atoms with E-state index in [4.69, 9.17) is 4.74 Å². The van der Waals surface area contributed by atoms with Gasteiger partial charge in [-0.05, 0) is 51.7 Å². The molecule has 0 radical (unpaired) electrons. The zero-order chi connectivity index (χ0) is 20.1. The molecule has 1 heterocycles. The highest BCUT2D eigenvalue weighted by Crippen LogP contribution is 2.25. The van der Waals surface area contributed by atoms with E-state index in [1.165, 1.54) is 19.3 Å². The minimum absolute atomic E-state index is 0.174. The number of nitrogens with one attached hydrogen (secondary N) is 1. The van der Waals surface area contributed by atoms with Crippen molar-refractivity contribution in [3.8, 4) is 0 Å². The van der Waals surface area contributed by atoms with Crippen LogP contribution >= 0.6 is 0 Å². The number of piperidine rings is 1. The van der Waals surface area contributed by atoms with E-state index in [0.717, 1.165) is 31.2 Å². The molecular formula is C21H32N2O4S. The van der Waals surface area contributed by atoms with Crippen molar-refractivity contribution >= 4 is 15.9 Å². The van der Waals surface area contributed by atoms with Crippen LogP contribution in [0, 0.1) is 6.92 Å². The molecule has 1 saturated heterocycles. The SMILES string of the molecule is Cc1ccc(S(=O)(=O)N[C@@H](C)C(=O)N2CCC(OC3CCCCC3)CC2)cc1. The van der Waals surface area contributed by atoms with Crippen LogP contribution in [0.1, 0.15) is 57.4 Å². The number of amides is 1. The van der Waals surface area contributed by atoms with Crippen LogP contribution in [0.25, 0.3) is 0 Å². The van der Waals surface area contributed by atoms with Gasteiger partial charge in [-0.1, -0.05) is 37.0 Å². The summed E-state index contributed by atoms with van der Waals surface area (Å²) < 4.78 is 33.8. The van der Waals surface area contributed by atoms with E-state index in [1.807, 2.05) is 6.92 Å². The predicted molar refractivity (Wildman–Crippen MR) is 109 cm³/mol. The molecule has 0 spiro atoms. The van der Waals surface area contributed by atoms with E-state index in [-0.39, 0.29) is 16.9 Å². The number of aryl methyl sites for hydroxylation is 1. The molecule has 156 valence electrons. The molecule has 1 aromatic rings. The van der Waals surface area contributed by atoms with Crippen LogP contribution < -0.4 is 4.72 Å². The van der Waals surface area contributed by atoms with Gasteiger partial charge in [-0.2, -0.15) is 4.72 Å². The lowest BCUT2D eigenvalue weighted by molar-refractivity contribution is -0.136. The highest BCUT2D eigenvalue weighted by Gasteiger charge is 2.30. The summed E-state index contributed by atoms with van der Waals surface area (Å²) in [5, 5.41) is 0. The van der Waals surface area contributed by atoms with Gasteiger partial charge < -0.3 is 9.64 Å². The number of ether oxygens (including phenoxy) is 1. The lowest BCUT2D eigenvalue weighted by Gasteiger charge is -2.36. The Kier molecular flexibility index (Phi) is 7.12. The molecule has 1 aliphatic carbocycles. The van der Waals surface area contributed by atoms with Crippen LogP contribution in [-0.4, -0.2) is 50.6 Å². The summed E-state index contributed by atoms with van der Waals surface area (Å²) >= 11 is 0. The van der Waals surface area contributed by atoms with Gasteiger partial charge >= 0.3 is 0 Å².